The van der Waals surface area contributed by atoms with Gasteiger partial charge in [0.25, 0.3) is 0 Å². The van der Waals surface area contributed by atoms with Gasteiger partial charge in [0.1, 0.15) is 5.82 Å². The second-order valence-corrected chi connectivity index (χ2v) is 4.93. The van der Waals surface area contributed by atoms with Gasteiger partial charge in [-0.25, -0.2) is 9.18 Å². The number of aromatic carboxylic acids is 1. The van der Waals surface area contributed by atoms with Crippen LogP contribution >= 0.6 is 15.9 Å². The summed E-state index contributed by atoms with van der Waals surface area (Å²) in [4.78, 5) is 11.0. The molecule has 0 fully saturated rings. The van der Waals surface area contributed by atoms with E-state index in [9.17, 15) is 9.18 Å². The van der Waals surface area contributed by atoms with Crippen molar-refractivity contribution < 1.29 is 14.3 Å². The van der Waals surface area contributed by atoms with Crippen molar-refractivity contribution in [1.29, 1.82) is 0 Å². The zero-order valence-corrected chi connectivity index (χ0v) is 11.5. The Hall–Kier alpha value is -2.28. The van der Waals surface area contributed by atoms with Crippen LogP contribution in [0.15, 0.2) is 41.0 Å². The van der Waals surface area contributed by atoms with Gasteiger partial charge in [-0.15, -0.1) is 10.2 Å². The average Bonchev–Trinajstić information content (AvgIpc) is 2.84. The maximum absolute atomic E-state index is 14.1. The zero-order chi connectivity index (χ0) is 14.3. The number of pyridine rings is 1. The molecule has 0 saturated heterocycles. The fourth-order valence-corrected chi connectivity index (χ4v) is 2.24. The van der Waals surface area contributed by atoms with Crippen LogP contribution in [0.3, 0.4) is 0 Å². The van der Waals surface area contributed by atoms with Crippen LogP contribution in [0.5, 0.6) is 0 Å². The van der Waals surface area contributed by atoms with Crippen LogP contribution in [0.1, 0.15) is 10.4 Å². The monoisotopic (exact) mass is 335 g/mol. The van der Waals surface area contributed by atoms with Gasteiger partial charge in [0.05, 0.1) is 15.6 Å². The number of hydrogen-bond donors (Lipinski definition) is 1. The number of benzene rings is 1. The van der Waals surface area contributed by atoms with Crippen molar-refractivity contribution in [3.63, 3.8) is 0 Å². The molecule has 3 rings (SSSR count). The molecule has 0 aliphatic carbocycles. The van der Waals surface area contributed by atoms with E-state index in [1.165, 1.54) is 22.7 Å². The van der Waals surface area contributed by atoms with Crippen molar-refractivity contribution in [2.24, 2.45) is 0 Å². The minimum absolute atomic E-state index is 0.0777. The van der Waals surface area contributed by atoms with Crippen LogP contribution in [0.25, 0.3) is 17.0 Å². The Balaban J connectivity index is 2.28. The first-order valence-corrected chi connectivity index (χ1v) is 6.39. The van der Waals surface area contributed by atoms with Gasteiger partial charge in [0.15, 0.2) is 11.5 Å². The highest BCUT2D eigenvalue weighted by atomic mass is 79.9. The molecule has 5 nitrogen and oxygen atoms in total. The lowest BCUT2D eigenvalue weighted by Crippen LogP contribution is -2.00. The van der Waals surface area contributed by atoms with Crippen LogP contribution in [-0.2, 0) is 0 Å². The molecule has 2 aromatic heterocycles. The quantitative estimate of drug-likeness (QED) is 0.781. The van der Waals surface area contributed by atoms with Gasteiger partial charge in [-0.2, -0.15) is 0 Å². The van der Waals surface area contributed by atoms with Crippen LogP contribution < -0.4 is 0 Å². The molecule has 1 aromatic carbocycles. The number of rotatable bonds is 2. The number of carboxylic acid groups (broad SMARTS) is 1. The third-order valence-electron chi connectivity index (χ3n) is 2.84. The maximum Gasteiger partial charge on any atom is 0.337 e. The van der Waals surface area contributed by atoms with Gasteiger partial charge in [-0.05, 0) is 40.2 Å². The number of carbonyl (C=O) groups is 1. The maximum atomic E-state index is 14.1. The number of halogens is 2. The zero-order valence-electron chi connectivity index (χ0n) is 9.92. The molecule has 7 heteroatoms. The second kappa shape index (κ2) is 4.68. The summed E-state index contributed by atoms with van der Waals surface area (Å²) in [6.45, 7) is 0. The number of hydrogen-bond acceptors (Lipinski definition) is 3. The predicted octanol–water partition coefficient (Wildman–Crippen LogP) is 3.00. The molecule has 0 atom stereocenters. The van der Waals surface area contributed by atoms with E-state index in [1.807, 2.05) is 0 Å². The first-order chi connectivity index (χ1) is 9.58. The van der Waals surface area contributed by atoms with Crippen LogP contribution in [0, 0.1) is 5.82 Å². The van der Waals surface area contributed by atoms with Gasteiger partial charge < -0.3 is 5.11 Å². The summed E-state index contributed by atoms with van der Waals surface area (Å²) < 4.78 is 15.9. The summed E-state index contributed by atoms with van der Waals surface area (Å²) in [5.41, 5.74) is 0.771. The summed E-state index contributed by atoms with van der Waals surface area (Å²) in [6, 6.07) is 7.75. The molecular weight excluding hydrogens is 329 g/mol. The summed E-state index contributed by atoms with van der Waals surface area (Å²) in [5, 5.41) is 16.8. The Kier molecular flexibility index (Phi) is 2.98. The predicted molar refractivity (Wildman–Crippen MR) is 73.0 cm³/mol. The highest BCUT2D eigenvalue weighted by Crippen LogP contribution is 2.27. The minimum Gasteiger partial charge on any atom is -0.478 e. The van der Waals surface area contributed by atoms with Gasteiger partial charge in [0, 0.05) is 6.20 Å². The molecule has 0 bridgehead atoms. The van der Waals surface area contributed by atoms with Crippen molar-refractivity contribution in [2.75, 3.05) is 0 Å². The first-order valence-electron chi connectivity index (χ1n) is 5.60. The Morgan fingerprint density at radius 1 is 1.25 bits per heavy atom. The number of fused-ring (bicyclic) bond motifs is 1. The molecule has 0 radical (unpaired) electrons. The molecule has 0 spiro atoms. The van der Waals surface area contributed by atoms with Crippen molar-refractivity contribution in [3.05, 3.63) is 52.4 Å². The van der Waals surface area contributed by atoms with Gasteiger partial charge in [0.2, 0.25) is 0 Å². The van der Waals surface area contributed by atoms with Crippen molar-refractivity contribution in [2.45, 2.75) is 0 Å². The van der Waals surface area contributed by atoms with Crippen molar-refractivity contribution in [3.8, 4) is 11.4 Å². The molecule has 100 valence electrons. The van der Waals surface area contributed by atoms with E-state index in [1.54, 1.807) is 18.2 Å². The topological polar surface area (TPSA) is 67.5 Å². The molecule has 0 aliphatic rings. The van der Waals surface area contributed by atoms with E-state index < -0.39 is 11.8 Å². The summed E-state index contributed by atoms with van der Waals surface area (Å²) in [6.07, 6.45) is 1.37. The first kappa shape index (κ1) is 12.7. The van der Waals surface area contributed by atoms with Crippen molar-refractivity contribution >= 4 is 27.5 Å². The van der Waals surface area contributed by atoms with E-state index in [-0.39, 0.29) is 17.0 Å². The molecular formula is C13H7BrFN3O2. The number of nitrogens with zero attached hydrogens (tertiary/aromatic N) is 3. The molecule has 1 N–H and O–H groups in total. The lowest BCUT2D eigenvalue weighted by molar-refractivity contribution is 0.0696. The van der Waals surface area contributed by atoms with E-state index in [4.69, 9.17) is 5.11 Å². The molecule has 0 aliphatic heterocycles. The summed E-state index contributed by atoms with van der Waals surface area (Å²) in [7, 11) is 0. The van der Waals surface area contributed by atoms with Gasteiger partial charge >= 0.3 is 5.97 Å². The largest absolute Gasteiger partial charge is 0.478 e. The lowest BCUT2D eigenvalue weighted by Gasteiger charge is -2.04. The lowest BCUT2D eigenvalue weighted by atomic mass is 10.2. The smallest absolute Gasteiger partial charge is 0.337 e. The average molecular weight is 336 g/mol. The highest BCUT2D eigenvalue weighted by molar-refractivity contribution is 9.10. The molecule has 0 unspecified atom stereocenters. The SMILES string of the molecule is O=C(O)c1ccc2nnc(-c3cccc(Br)c3F)n2c1. The Morgan fingerprint density at radius 3 is 2.80 bits per heavy atom. The minimum atomic E-state index is -1.07. The van der Waals surface area contributed by atoms with Gasteiger partial charge in [-0.3, -0.25) is 4.40 Å². The fourth-order valence-electron chi connectivity index (χ4n) is 1.88. The Morgan fingerprint density at radius 2 is 2.05 bits per heavy atom. The van der Waals surface area contributed by atoms with E-state index in [0.717, 1.165) is 0 Å². The number of aromatic nitrogens is 3. The summed E-state index contributed by atoms with van der Waals surface area (Å²) >= 11 is 3.11. The number of carboxylic acids is 1. The Bertz CT molecular complexity index is 832. The molecule has 0 amide bonds. The molecule has 20 heavy (non-hydrogen) atoms. The fraction of sp³-hybridized carbons (Fsp3) is 0. The Labute approximate surface area is 120 Å². The van der Waals surface area contributed by atoms with E-state index >= 15 is 0 Å². The van der Waals surface area contributed by atoms with Crippen LogP contribution in [-0.4, -0.2) is 25.7 Å². The highest BCUT2D eigenvalue weighted by Gasteiger charge is 2.15. The summed E-state index contributed by atoms with van der Waals surface area (Å²) in [5.74, 6) is -1.29. The van der Waals surface area contributed by atoms with Crippen LogP contribution in [0.2, 0.25) is 0 Å². The van der Waals surface area contributed by atoms with Crippen LogP contribution in [0.4, 0.5) is 4.39 Å². The molecule has 2 heterocycles. The van der Waals surface area contributed by atoms with E-state index in [2.05, 4.69) is 26.1 Å². The molecule has 0 saturated carbocycles. The normalized spacial score (nSPS) is 10.9. The third-order valence-corrected chi connectivity index (χ3v) is 3.45. The standard InChI is InChI=1S/C13H7BrFN3O2/c14-9-3-1-2-8(11(9)15)12-17-16-10-5-4-7(13(19)20)6-18(10)12/h1-6H,(H,19,20). The molecule has 3 aromatic rings. The second-order valence-electron chi connectivity index (χ2n) is 4.08. The van der Waals surface area contributed by atoms with E-state index in [0.29, 0.717) is 10.1 Å². The van der Waals surface area contributed by atoms with Gasteiger partial charge in [-0.1, -0.05) is 6.07 Å². The third kappa shape index (κ3) is 1.96. The van der Waals surface area contributed by atoms with Crippen molar-refractivity contribution in [1.82, 2.24) is 14.6 Å².